The number of nitrogens with one attached hydrogen (secondary N) is 1. The topological polar surface area (TPSA) is 58.4 Å². The molecule has 0 aliphatic carbocycles. The van der Waals surface area contributed by atoms with Crippen molar-refractivity contribution in [3.05, 3.63) is 28.2 Å². The molecule has 3 N–H and O–H groups in total. The predicted molar refractivity (Wildman–Crippen MR) is 85.7 cm³/mol. The molecular weight excluding hydrogens is 318 g/mol. The van der Waals surface area contributed by atoms with E-state index in [9.17, 15) is 4.79 Å². The lowest BCUT2D eigenvalue weighted by molar-refractivity contribution is 0.0937. The first-order chi connectivity index (χ1) is 9.60. The zero-order valence-corrected chi connectivity index (χ0v) is 13.4. The van der Waals surface area contributed by atoms with Crippen LogP contribution in [0.25, 0.3) is 0 Å². The van der Waals surface area contributed by atoms with Gasteiger partial charge < -0.3 is 16.0 Å². The van der Waals surface area contributed by atoms with Gasteiger partial charge in [0.1, 0.15) is 0 Å². The lowest BCUT2D eigenvalue weighted by atomic mass is 9.96. The van der Waals surface area contributed by atoms with Crippen molar-refractivity contribution in [3.63, 3.8) is 0 Å². The highest BCUT2D eigenvalue weighted by molar-refractivity contribution is 9.10. The second-order valence-electron chi connectivity index (χ2n) is 5.32. The number of piperidine rings is 1. The van der Waals surface area contributed by atoms with Crippen LogP contribution in [0.1, 0.15) is 30.1 Å². The summed E-state index contributed by atoms with van der Waals surface area (Å²) in [6, 6.07) is 5.36. The quantitative estimate of drug-likeness (QED) is 0.828. The van der Waals surface area contributed by atoms with Gasteiger partial charge in [0.15, 0.2) is 0 Å². The molecule has 0 aromatic heterocycles. The van der Waals surface area contributed by atoms with Crippen LogP contribution in [0.2, 0.25) is 0 Å². The van der Waals surface area contributed by atoms with Crippen molar-refractivity contribution < 1.29 is 4.79 Å². The molecule has 0 radical (unpaired) electrons. The first-order valence-electron chi connectivity index (χ1n) is 7.15. The number of carbonyl (C=O) groups is 1. The smallest absolute Gasteiger partial charge is 0.253 e. The highest BCUT2D eigenvalue weighted by Crippen LogP contribution is 2.19. The van der Waals surface area contributed by atoms with Gasteiger partial charge in [-0.2, -0.15) is 0 Å². The van der Waals surface area contributed by atoms with E-state index in [2.05, 4.69) is 33.1 Å². The Morgan fingerprint density at radius 3 is 2.80 bits per heavy atom. The van der Waals surface area contributed by atoms with E-state index >= 15 is 0 Å². The summed E-state index contributed by atoms with van der Waals surface area (Å²) in [5.74, 6) is 0.497. The third-order valence-corrected chi connectivity index (χ3v) is 4.46. The van der Waals surface area contributed by atoms with Crippen molar-refractivity contribution in [2.75, 3.05) is 31.9 Å². The minimum absolute atomic E-state index is 0.0817. The number of nitrogen functional groups attached to an aromatic ring is 1. The van der Waals surface area contributed by atoms with Crippen LogP contribution in [0.5, 0.6) is 0 Å². The number of carbonyl (C=O) groups excluding carboxylic acids is 1. The number of hydrogen-bond donors (Lipinski definition) is 2. The Hall–Kier alpha value is -1.07. The monoisotopic (exact) mass is 339 g/mol. The van der Waals surface area contributed by atoms with E-state index < -0.39 is 0 Å². The van der Waals surface area contributed by atoms with Crippen LogP contribution in [-0.2, 0) is 0 Å². The minimum Gasteiger partial charge on any atom is -0.398 e. The van der Waals surface area contributed by atoms with Crippen molar-refractivity contribution in [2.45, 2.75) is 19.8 Å². The van der Waals surface area contributed by atoms with Crippen LogP contribution in [0, 0.1) is 5.92 Å². The zero-order valence-electron chi connectivity index (χ0n) is 11.9. The highest BCUT2D eigenvalue weighted by Gasteiger charge is 2.19. The fourth-order valence-electron chi connectivity index (χ4n) is 2.56. The summed E-state index contributed by atoms with van der Waals surface area (Å²) >= 11 is 3.37. The van der Waals surface area contributed by atoms with Gasteiger partial charge in [0.05, 0.1) is 5.56 Å². The van der Waals surface area contributed by atoms with E-state index in [0.29, 0.717) is 17.2 Å². The largest absolute Gasteiger partial charge is 0.398 e. The second kappa shape index (κ2) is 7.09. The van der Waals surface area contributed by atoms with E-state index in [1.165, 1.54) is 0 Å². The number of hydrogen-bond acceptors (Lipinski definition) is 3. The number of halogens is 1. The molecule has 1 aromatic rings. The average molecular weight is 340 g/mol. The van der Waals surface area contributed by atoms with Crippen molar-refractivity contribution in [3.8, 4) is 0 Å². The molecule has 1 aliphatic rings. The average Bonchev–Trinajstić information content (AvgIpc) is 2.47. The Morgan fingerprint density at radius 2 is 2.15 bits per heavy atom. The number of benzene rings is 1. The summed E-state index contributed by atoms with van der Waals surface area (Å²) in [6.07, 6.45) is 2.31. The Labute approximate surface area is 128 Å². The second-order valence-corrected chi connectivity index (χ2v) is 6.23. The minimum atomic E-state index is -0.0817. The van der Waals surface area contributed by atoms with E-state index in [1.54, 1.807) is 12.1 Å². The molecule has 2 rings (SSSR count). The standard InChI is InChI=1S/C15H22BrN3O/c1-2-19-7-5-11(6-8-19)10-18-15(20)13-9-12(16)3-4-14(13)17/h3-4,9,11H,2,5-8,10,17H2,1H3,(H,18,20). The van der Waals surface area contributed by atoms with Crippen molar-refractivity contribution >= 4 is 27.5 Å². The van der Waals surface area contributed by atoms with Gasteiger partial charge in [0, 0.05) is 16.7 Å². The van der Waals surface area contributed by atoms with Crippen LogP contribution >= 0.6 is 15.9 Å². The van der Waals surface area contributed by atoms with Gasteiger partial charge in [0.25, 0.3) is 5.91 Å². The fourth-order valence-corrected chi connectivity index (χ4v) is 2.93. The summed E-state index contributed by atoms with van der Waals surface area (Å²) in [7, 11) is 0. The fraction of sp³-hybridized carbons (Fsp3) is 0.533. The third-order valence-electron chi connectivity index (χ3n) is 3.97. The van der Waals surface area contributed by atoms with Gasteiger partial charge in [-0.3, -0.25) is 4.79 Å². The normalized spacial score (nSPS) is 17.1. The van der Waals surface area contributed by atoms with Crippen molar-refractivity contribution in [2.24, 2.45) is 5.92 Å². The van der Waals surface area contributed by atoms with Gasteiger partial charge >= 0.3 is 0 Å². The van der Waals surface area contributed by atoms with Gasteiger partial charge in [-0.25, -0.2) is 0 Å². The summed E-state index contributed by atoms with van der Waals surface area (Å²) in [5.41, 5.74) is 6.91. The first-order valence-corrected chi connectivity index (χ1v) is 7.95. The molecule has 1 aromatic carbocycles. The Morgan fingerprint density at radius 1 is 1.45 bits per heavy atom. The number of likely N-dealkylation sites (tertiary alicyclic amines) is 1. The molecule has 0 saturated carbocycles. The molecule has 0 unspecified atom stereocenters. The Kier molecular flexibility index (Phi) is 5.43. The van der Waals surface area contributed by atoms with Gasteiger partial charge in [-0.15, -0.1) is 0 Å². The SMILES string of the molecule is CCN1CCC(CNC(=O)c2cc(Br)ccc2N)CC1. The lowest BCUT2D eigenvalue weighted by Crippen LogP contribution is -2.38. The number of amides is 1. The molecule has 5 heteroatoms. The maximum absolute atomic E-state index is 12.2. The molecule has 1 heterocycles. The third kappa shape index (κ3) is 3.96. The van der Waals surface area contributed by atoms with Crippen LogP contribution in [-0.4, -0.2) is 37.0 Å². The van der Waals surface area contributed by atoms with Gasteiger partial charge in [0.2, 0.25) is 0 Å². The lowest BCUT2D eigenvalue weighted by Gasteiger charge is -2.31. The first kappa shape index (κ1) is 15.3. The summed E-state index contributed by atoms with van der Waals surface area (Å²) in [4.78, 5) is 14.6. The van der Waals surface area contributed by atoms with Gasteiger partial charge in [-0.1, -0.05) is 22.9 Å². The van der Waals surface area contributed by atoms with Crippen LogP contribution in [0.15, 0.2) is 22.7 Å². The maximum Gasteiger partial charge on any atom is 0.253 e. The van der Waals surface area contributed by atoms with Gasteiger partial charge in [-0.05, 0) is 56.6 Å². The molecule has 0 spiro atoms. The van der Waals surface area contributed by atoms with Crippen LogP contribution in [0.3, 0.4) is 0 Å². The molecule has 1 fully saturated rings. The molecule has 1 saturated heterocycles. The number of rotatable bonds is 4. The molecular formula is C15H22BrN3O. The molecule has 1 aliphatic heterocycles. The van der Waals surface area contributed by atoms with Crippen molar-refractivity contribution in [1.82, 2.24) is 10.2 Å². The van der Waals surface area contributed by atoms with E-state index in [-0.39, 0.29) is 5.91 Å². The number of nitrogens with zero attached hydrogens (tertiary/aromatic N) is 1. The number of nitrogens with two attached hydrogens (primary N) is 1. The molecule has 1 amide bonds. The van der Waals surface area contributed by atoms with E-state index in [1.807, 2.05) is 6.07 Å². The van der Waals surface area contributed by atoms with E-state index in [4.69, 9.17) is 5.73 Å². The Bertz CT molecular complexity index is 470. The maximum atomic E-state index is 12.2. The summed E-state index contributed by atoms with van der Waals surface area (Å²) < 4.78 is 0.869. The molecule has 110 valence electrons. The van der Waals surface area contributed by atoms with Crippen LogP contribution in [0.4, 0.5) is 5.69 Å². The highest BCUT2D eigenvalue weighted by atomic mass is 79.9. The molecule has 20 heavy (non-hydrogen) atoms. The number of anilines is 1. The summed E-state index contributed by atoms with van der Waals surface area (Å²) in [6.45, 7) is 6.32. The van der Waals surface area contributed by atoms with E-state index in [0.717, 1.165) is 43.5 Å². The molecule has 0 bridgehead atoms. The molecule has 0 atom stereocenters. The molecule has 4 nitrogen and oxygen atoms in total. The zero-order chi connectivity index (χ0) is 14.5. The predicted octanol–water partition coefficient (Wildman–Crippen LogP) is 2.49. The Balaban J connectivity index is 1.85. The van der Waals surface area contributed by atoms with Crippen LogP contribution < -0.4 is 11.1 Å². The van der Waals surface area contributed by atoms with Crippen molar-refractivity contribution in [1.29, 1.82) is 0 Å². The summed E-state index contributed by atoms with van der Waals surface area (Å²) in [5, 5.41) is 3.01.